The van der Waals surface area contributed by atoms with Crippen molar-refractivity contribution in [2.45, 2.75) is 13.5 Å². The van der Waals surface area contributed by atoms with Crippen LogP contribution in [0.4, 0.5) is 10.1 Å². The molecular weight excluding hydrogens is 289 g/mol. The number of halogens is 1. The summed E-state index contributed by atoms with van der Waals surface area (Å²) in [6.07, 6.45) is 0. The molecule has 0 saturated heterocycles. The molecule has 116 valence electrons. The van der Waals surface area contributed by atoms with E-state index in [2.05, 4.69) is 0 Å². The zero-order valence-electron chi connectivity index (χ0n) is 12.9. The molecule has 0 spiro atoms. The minimum atomic E-state index is -0.305. The molecule has 23 heavy (non-hydrogen) atoms. The van der Waals surface area contributed by atoms with Crippen LogP contribution in [0.1, 0.15) is 11.1 Å². The topological polar surface area (TPSA) is 35.2 Å². The minimum Gasteiger partial charge on any atom is -0.488 e. The first-order valence-electron chi connectivity index (χ1n) is 7.47. The van der Waals surface area contributed by atoms with E-state index in [9.17, 15) is 4.39 Å². The maximum atomic E-state index is 14.6. The van der Waals surface area contributed by atoms with Gasteiger partial charge >= 0.3 is 0 Å². The quantitative estimate of drug-likeness (QED) is 0.691. The normalized spacial score (nSPS) is 10.5. The summed E-state index contributed by atoms with van der Waals surface area (Å²) in [5.74, 6) is 0.347. The van der Waals surface area contributed by atoms with Crippen molar-refractivity contribution in [2.75, 3.05) is 5.73 Å². The van der Waals surface area contributed by atoms with E-state index >= 15 is 0 Å². The van der Waals surface area contributed by atoms with Gasteiger partial charge in [0, 0.05) is 22.4 Å². The zero-order valence-corrected chi connectivity index (χ0v) is 12.9. The first kappa shape index (κ1) is 15.1. The van der Waals surface area contributed by atoms with Gasteiger partial charge < -0.3 is 10.5 Å². The van der Waals surface area contributed by atoms with E-state index in [1.54, 1.807) is 19.1 Å². The van der Waals surface area contributed by atoms with Gasteiger partial charge in [-0.2, -0.15) is 0 Å². The zero-order chi connectivity index (χ0) is 16.2. The first-order valence-corrected chi connectivity index (χ1v) is 7.47. The fourth-order valence-electron chi connectivity index (χ4n) is 2.46. The van der Waals surface area contributed by atoms with E-state index in [0.717, 1.165) is 11.1 Å². The third-order valence-electron chi connectivity index (χ3n) is 3.84. The van der Waals surface area contributed by atoms with E-state index in [1.807, 2.05) is 54.6 Å². The smallest absolute Gasteiger partial charge is 0.136 e. The van der Waals surface area contributed by atoms with Crippen LogP contribution in [0.3, 0.4) is 0 Å². The highest BCUT2D eigenvalue weighted by atomic mass is 19.1. The van der Waals surface area contributed by atoms with Crippen molar-refractivity contribution in [2.24, 2.45) is 0 Å². The molecule has 3 heteroatoms. The molecule has 3 aromatic carbocycles. The van der Waals surface area contributed by atoms with Crippen molar-refractivity contribution in [3.05, 3.63) is 83.7 Å². The lowest BCUT2D eigenvalue weighted by atomic mass is 10.0. The monoisotopic (exact) mass is 307 g/mol. The summed E-state index contributed by atoms with van der Waals surface area (Å²) in [6, 6.07) is 20.8. The van der Waals surface area contributed by atoms with Gasteiger partial charge in [-0.25, -0.2) is 4.39 Å². The summed E-state index contributed by atoms with van der Waals surface area (Å²) in [5.41, 5.74) is 8.97. The molecule has 0 heterocycles. The molecule has 0 saturated carbocycles. The highest BCUT2D eigenvalue weighted by Gasteiger charge is 2.14. The Bertz CT molecular complexity index is 815. The van der Waals surface area contributed by atoms with Crippen LogP contribution in [0.2, 0.25) is 0 Å². The molecule has 0 bridgehead atoms. The Hall–Kier alpha value is -2.81. The summed E-state index contributed by atoms with van der Waals surface area (Å²) in [5, 5.41) is 0. The lowest BCUT2D eigenvalue weighted by Gasteiger charge is -2.14. The summed E-state index contributed by atoms with van der Waals surface area (Å²) >= 11 is 0. The van der Waals surface area contributed by atoms with Crippen LogP contribution in [0.5, 0.6) is 5.75 Å². The number of anilines is 1. The van der Waals surface area contributed by atoms with E-state index in [-0.39, 0.29) is 5.82 Å². The van der Waals surface area contributed by atoms with Gasteiger partial charge in [-0.1, -0.05) is 48.5 Å². The highest BCUT2D eigenvalue weighted by molar-refractivity contribution is 5.73. The first-order chi connectivity index (χ1) is 11.2. The second-order valence-electron chi connectivity index (χ2n) is 5.41. The van der Waals surface area contributed by atoms with Gasteiger partial charge in [-0.15, -0.1) is 0 Å². The van der Waals surface area contributed by atoms with Gasteiger partial charge in [0.15, 0.2) is 0 Å². The van der Waals surface area contributed by atoms with Gasteiger partial charge in [0.1, 0.15) is 18.2 Å². The number of para-hydroxylation sites is 1. The van der Waals surface area contributed by atoms with Crippen LogP contribution in [0.15, 0.2) is 66.7 Å². The Balaban J connectivity index is 1.94. The van der Waals surface area contributed by atoms with E-state index < -0.39 is 0 Å². The number of hydrogen-bond donors (Lipinski definition) is 1. The Morgan fingerprint density at radius 3 is 2.35 bits per heavy atom. The molecule has 3 aromatic rings. The molecule has 0 aliphatic carbocycles. The fraction of sp³-hybridized carbons (Fsp3) is 0.100. The summed E-state index contributed by atoms with van der Waals surface area (Å²) in [4.78, 5) is 0. The molecule has 0 radical (unpaired) electrons. The lowest BCUT2D eigenvalue weighted by molar-refractivity contribution is 0.307. The predicted molar refractivity (Wildman–Crippen MR) is 91.8 cm³/mol. The third kappa shape index (κ3) is 3.19. The minimum absolute atomic E-state index is 0.305. The highest BCUT2D eigenvalue weighted by Crippen LogP contribution is 2.34. The van der Waals surface area contributed by atoms with Crippen LogP contribution in [0, 0.1) is 12.7 Å². The second-order valence-corrected chi connectivity index (χ2v) is 5.41. The summed E-state index contributed by atoms with van der Waals surface area (Å²) < 4.78 is 20.5. The van der Waals surface area contributed by atoms with Crippen molar-refractivity contribution in [1.29, 1.82) is 0 Å². The van der Waals surface area contributed by atoms with Crippen LogP contribution < -0.4 is 10.5 Å². The number of ether oxygens (including phenoxy) is 1. The van der Waals surface area contributed by atoms with E-state index in [0.29, 0.717) is 29.2 Å². The van der Waals surface area contributed by atoms with E-state index in [4.69, 9.17) is 10.5 Å². The number of hydrogen-bond acceptors (Lipinski definition) is 2. The molecule has 0 fully saturated rings. The molecule has 2 N–H and O–H groups in total. The third-order valence-corrected chi connectivity index (χ3v) is 3.84. The maximum Gasteiger partial charge on any atom is 0.136 e. The number of benzene rings is 3. The summed E-state index contributed by atoms with van der Waals surface area (Å²) in [6.45, 7) is 2.12. The van der Waals surface area contributed by atoms with Gasteiger partial charge in [-0.05, 0) is 30.7 Å². The number of nitrogens with two attached hydrogens (primary N) is 1. The van der Waals surface area contributed by atoms with Crippen molar-refractivity contribution < 1.29 is 9.13 Å². The Morgan fingerprint density at radius 1 is 0.870 bits per heavy atom. The van der Waals surface area contributed by atoms with Gasteiger partial charge in [0.05, 0.1) is 0 Å². The summed E-state index contributed by atoms with van der Waals surface area (Å²) in [7, 11) is 0. The predicted octanol–water partition coefficient (Wildman–Crippen LogP) is 4.96. The number of rotatable bonds is 4. The Labute approximate surface area is 135 Å². The SMILES string of the molecule is Cc1c(N)ccc(-c2ccccc2OCc2ccccc2)c1F. The van der Waals surface area contributed by atoms with Gasteiger partial charge in [-0.3, -0.25) is 0 Å². The average Bonchev–Trinajstić information content (AvgIpc) is 2.59. The van der Waals surface area contributed by atoms with Crippen LogP contribution in [0.25, 0.3) is 11.1 Å². The fourth-order valence-corrected chi connectivity index (χ4v) is 2.46. The van der Waals surface area contributed by atoms with Gasteiger partial charge in [0.2, 0.25) is 0 Å². The molecule has 0 aromatic heterocycles. The van der Waals surface area contributed by atoms with Gasteiger partial charge in [0.25, 0.3) is 0 Å². The molecule has 2 nitrogen and oxygen atoms in total. The standard InChI is InChI=1S/C20H18FNO/c1-14-18(22)12-11-17(20(14)21)16-9-5-6-10-19(16)23-13-15-7-3-2-4-8-15/h2-12H,13,22H2,1H3. The maximum absolute atomic E-state index is 14.6. The molecule has 0 aliphatic rings. The Morgan fingerprint density at radius 2 is 1.57 bits per heavy atom. The van der Waals surface area contributed by atoms with Crippen molar-refractivity contribution in [3.8, 4) is 16.9 Å². The molecular formula is C20H18FNO. The van der Waals surface area contributed by atoms with Crippen LogP contribution in [-0.4, -0.2) is 0 Å². The van der Waals surface area contributed by atoms with Crippen LogP contribution in [-0.2, 0) is 6.61 Å². The lowest BCUT2D eigenvalue weighted by Crippen LogP contribution is -1.99. The largest absolute Gasteiger partial charge is 0.488 e. The van der Waals surface area contributed by atoms with E-state index in [1.165, 1.54) is 0 Å². The number of nitrogen functional groups attached to an aromatic ring is 1. The molecule has 0 unspecified atom stereocenters. The average molecular weight is 307 g/mol. The molecule has 0 amide bonds. The van der Waals surface area contributed by atoms with Crippen molar-refractivity contribution in [1.82, 2.24) is 0 Å². The second kappa shape index (κ2) is 6.53. The molecule has 3 rings (SSSR count). The molecule has 0 aliphatic heterocycles. The van der Waals surface area contributed by atoms with Crippen LogP contribution >= 0.6 is 0 Å². The molecule has 0 atom stereocenters. The Kier molecular flexibility index (Phi) is 4.29. The van der Waals surface area contributed by atoms with Crippen molar-refractivity contribution in [3.63, 3.8) is 0 Å². The van der Waals surface area contributed by atoms with Crippen molar-refractivity contribution >= 4 is 5.69 Å².